The molecule has 2 aliphatic carbocycles. The van der Waals surface area contributed by atoms with E-state index in [0.717, 1.165) is 31.6 Å². The second kappa shape index (κ2) is 10.3. The molecule has 0 radical (unpaired) electrons. The molecule has 0 aliphatic heterocycles. The third-order valence-corrected chi connectivity index (χ3v) is 4.36. The smallest absolute Gasteiger partial charge is 0.183 e. The molecule has 0 aromatic rings. The second-order valence-electron chi connectivity index (χ2n) is 5.98. The molecule has 0 aromatic heterocycles. The first-order chi connectivity index (χ1) is 10.7. The first kappa shape index (κ1) is 18.6. The molecule has 122 valence electrons. The van der Waals surface area contributed by atoms with E-state index >= 15 is 0 Å². The number of ketones is 1. The summed E-state index contributed by atoms with van der Waals surface area (Å²) in [5, 5.41) is 0. The van der Waals surface area contributed by atoms with E-state index in [1.807, 2.05) is 26.0 Å². The predicted octanol–water partition coefficient (Wildman–Crippen LogP) is 5.31. The van der Waals surface area contributed by atoms with Crippen LogP contribution >= 0.6 is 0 Å². The van der Waals surface area contributed by atoms with Crippen molar-refractivity contribution in [2.75, 3.05) is 7.05 Å². The molecule has 0 amide bonds. The van der Waals surface area contributed by atoms with Crippen molar-refractivity contribution in [1.82, 2.24) is 0 Å². The highest BCUT2D eigenvalue weighted by Crippen LogP contribution is 2.29. The minimum atomic E-state index is 0.189. The van der Waals surface area contributed by atoms with Crippen LogP contribution in [0.5, 0.6) is 0 Å². The maximum Gasteiger partial charge on any atom is 0.183 e. The molecule has 2 nitrogen and oxygen atoms in total. The van der Waals surface area contributed by atoms with Gasteiger partial charge in [-0.25, -0.2) is 0 Å². The summed E-state index contributed by atoms with van der Waals surface area (Å²) >= 11 is 0. The number of carbonyl (C=O) groups excluding carboxylic acids is 1. The van der Waals surface area contributed by atoms with Gasteiger partial charge in [-0.1, -0.05) is 57.9 Å². The van der Waals surface area contributed by atoms with Crippen LogP contribution in [-0.4, -0.2) is 18.5 Å². The molecule has 0 aromatic carbocycles. The largest absolute Gasteiger partial charge is 0.292 e. The van der Waals surface area contributed by atoms with Crippen LogP contribution in [0.3, 0.4) is 0 Å². The Morgan fingerprint density at radius 2 is 1.86 bits per heavy atom. The first-order valence-electron chi connectivity index (χ1n) is 8.75. The lowest BCUT2D eigenvalue weighted by Crippen LogP contribution is -2.26. The van der Waals surface area contributed by atoms with Gasteiger partial charge in [0.2, 0.25) is 0 Å². The first-order valence-corrected chi connectivity index (χ1v) is 8.75. The summed E-state index contributed by atoms with van der Waals surface area (Å²) in [5.41, 5.74) is 1.86. The lowest BCUT2D eigenvalue weighted by Gasteiger charge is -2.25. The number of rotatable bonds is 3. The van der Waals surface area contributed by atoms with Gasteiger partial charge in [0.15, 0.2) is 5.78 Å². The molecular weight excluding hydrogens is 270 g/mol. The summed E-state index contributed by atoms with van der Waals surface area (Å²) < 4.78 is 0. The molecule has 22 heavy (non-hydrogen) atoms. The summed E-state index contributed by atoms with van der Waals surface area (Å²) in [5.74, 6) is 1.21. The van der Waals surface area contributed by atoms with E-state index in [2.05, 4.69) is 30.1 Å². The van der Waals surface area contributed by atoms with Crippen molar-refractivity contribution in [2.45, 2.75) is 59.3 Å². The third kappa shape index (κ3) is 5.75. The molecule has 0 spiro atoms. The zero-order valence-corrected chi connectivity index (χ0v) is 14.6. The van der Waals surface area contributed by atoms with E-state index in [1.165, 1.54) is 18.4 Å². The van der Waals surface area contributed by atoms with Gasteiger partial charge in [0.05, 0.1) is 0 Å². The van der Waals surface area contributed by atoms with Crippen LogP contribution in [-0.2, 0) is 4.79 Å². The van der Waals surface area contributed by atoms with Crippen LogP contribution < -0.4 is 0 Å². The highest BCUT2D eigenvalue weighted by atomic mass is 16.1. The van der Waals surface area contributed by atoms with Crippen molar-refractivity contribution >= 4 is 11.5 Å². The van der Waals surface area contributed by atoms with Crippen molar-refractivity contribution in [3.05, 3.63) is 36.0 Å². The van der Waals surface area contributed by atoms with Gasteiger partial charge in [0, 0.05) is 13.0 Å². The van der Waals surface area contributed by atoms with E-state index in [0.29, 0.717) is 5.71 Å². The zero-order valence-electron chi connectivity index (χ0n) is 14.6. The maximum absolute atomic E-state index is 12.6. The highest BCUT2D eigenvalue weighted by Gasteiger charge is 2.26. The Bertz CT molecular complexity index is 460. The Balaban J connectivity index is 0.00000116. The van der Waals surface area contributed by atoms with Gasteiger partial charge in [-0.3, -0.25) is 9.79 Å². The topological polar surface area (TPSA) is 29.4 Å². The molecule has 0 heterocycles. The summed E-state index contributed by atoms with van der Waals surface area (Å²) in [7, 11) is 1.73. The van der Waals surface area contributed by atoms with E-state index < -0.39 is 0 Å². The summed E-state index contributed by atoms with van der Waals surface area (Å²) in [4.78, 5) is 16.8. The lowest BCUT2D eigenvalue weighted by molar-refractivity contribution is -0.117. The molecule has 2 rings (SSSR count). The molecule has 0 atom stereocenters. The average Bonchev–Trinajstić information content (AvgIpc) is 2.83. The van der Waals surface area contributed by atoms with Crippen LogP contribution in [0, 0.1) is 11.8 Å². The van der Waals surface area contributed by atoms with Gasteiger partial charge in [-0.05, 0) is 43.3 Å². The van der Waals surface area contributed by atoms with Crippen molar-refractivity contribution in [1.29, 1.82) is 0 Å². The number of hydrogen-bond acceptors (Lipinski definition) is 2. The van der Waals surface area contributed by atoms with Gasteiger partial charge in [-0.2, -0.15) is 0 Å². The van der Waals surface area contributed by atoms with Crippen molar-refractivity contribution in [3.63, 3.8) is 0 Å². The monoisotopic (exact) mass is 301 g/mol. The fraction of sp³-hybridized carbons (Fsp3) is 0.600. The maximum atomic E-state index is 12.6. The van der Waals surface area contributed by atoms with E-state index in [1.54, 1.807) is 7.05 Å². The molecule has 0 bridgehead atoms. The number of nitrogens with zero attached hydrogens (tertiary/aromatic N) is 1. The van der Waals surface area contributed by atoms with Crippen LogP contribution in [0.1, 0.15) is 59.3 Å². The minimum absolute atomic E-state index is 0.189. The van der Waals surface area contributed by atoms with Crippen molar-refractivity contribution in [3.8, 4) is 0 Å². The molecule has 1 saturated carbocycles. The number of carbonyl (C=O) groups is 1. The zero-order chi connectivity index (χ0) is 16.4. The lowest BCUT2D eigenvalue weighted by atomic mass is 9.79. The number of allylic oxidation sites excluding steroid dienone is 6. The molecule has 2 heteroatoms. The second-order valence-corrected chi connectivity index (χ2v) is 5.98. The molecule has 0 unspecified atom stereocenters. The van der Waals surface area contributed by atoms with Gasteiger partial charge in [-0.15, -0.1) is 0 Å². The fourth-order valence-corrected chi connectivity index (χ4v) is 2.96. The number of aliphatic imine (C=N–C) groups is 1. The van der Waals surface area contributed by atoms with E-state index in [9.17, 15) is 4.79 Å². The molecule has 1 fully saturated rings. The van der Waals surface area contributed by atoms with Gasteiger partial charge in [0.25, 0.3) is 0 Å². The summed E-state index contributed by atoms with van der Waals surface area (Å²) in [6.07, 6.45) is 16.8. The van der Waals surface area contributed by atoms with Gasteiger partial charge in [0.1, 0.15) is 5.71 Å². The number of hydrogen-bond donors (Lipinski definition) is 0. The third-order valence-electron chi connectivity index (χ3n) is 4.36. The van der Waals surface area contributed by atoms with Crippen LogP contribution in [0.15, 0.2) is 40.9 Å². The highest BCUT2D eigenvalue weighted by molar-refractivity contribution is 6.45. The van der Waals surface area contributed by atoms with Crippen molar-refractivity contribution in [2.24, 2.45) is 16.8 Å². The summed E-state index contributed by atoms with van der Waals surface area (Å²) in [6.45, 7) is 6.28. The van der Waals surface area contributed by atoms with Gasteiger partial charge >= 0.3 is 0 Å². The average molecular weight is 301 g/mol. The molecular formula is C20H31NO. The molecule has 2 aliphatic rings. The summed E-state index contributed by atoms with van der Waals surface area (Å²) in [6, 6.07) is 0. The van der Waals surface area contributed by atoms with Crippen LogP contribution in [0.2, 0.25) is 0 Å². The molecule has 0 saturated heterocycles. The Labute approximate surface area is 136 Å². The van der Waals surface area contributed by atoms with Crippen molar-refractivity contribution < 1.29 is 4.79 Å². The van der Waals surface area contributed by atoms with Crippen LogP contribution in [0.4, 0.5) is 0 Å². The SMILES string of the molecule is CC.CN=C(/C=C1/C=CC=CCC1)C(=O)C1CCC(C)CC1. The van der Waals surface area contributed by atoms with E-state index in [4.69, 9.17) is 0 Å². The minimum Gasteiger partial charge on any atom is -0.292 e. The van der Waals surface area contributed by atoms with Crippen LogP contribution in [0.25, 0.3) is 0 Å². The standard InChI is InChI=1S/C18H25NO.C2H6/c1-14-9-11-16(12-10-14)18(20)17(19-2)13-15-7-5-3-4-6-8-15;1-2/h3-5,7,13-14,16H,6,8-12H2,1-2H3;1-2H3/b15-13-,19-17?;. The fourth-order valence-electron chi connectivity index (χ4n) is 2.96. The Morgan fingerprint density at radius 1 is 1.18 bits per heavy atom. The quantitative estimate of drug-likeness (QED) is 0.649. The Kier molecular flexibility index (Phi) is 8.72. The molecule has 0 N–H and O–H groups in total. The number of Topliss-reactive ketones (excluding diaryl/α,β-unsaturated/α-hetero) is 1. The Hall–Kier alpha value is -1.44. The predicted molar refractivity (Wildman–Crippen MR) is 96.4 cm³/mol. The van der Waals surface area contributed by atoms with E-state index in [-0.39, 0.29) is 11.7 Å². The Morgan fingerprint density at radius 3 is 2.50 bits per heavy atom. The normalized spacial score (nSPS) is 27.1. The van der Waals surface area contributed by atoms with Gasteiger partial charge < -0.3 is 0 Å².